The minimum Gasteiger partial charge on any atom is -0.341 e. The summed E-state index contributed by atoms with van der Waals surface area (Å²) in [6.07, 6.45) is 2.09. The van der Waals surface area contributed by atoms with E-state index in [-0.39, 0.29) is 35.3 Å². The molecule has 3 heterocycles. The van der Waals surface area contributed by atoms with E-state index in [1.165, 1.54) is 6.20 Å². The summed E-state index contributed by atoms with van der Waals surface area (Å²) in [4.78, 5) is 26.4. The number of amides is 1. The number of rotatable bonds is 6. The fourth-order valence-corrected chi connectivity index (χ4v) is 6.00. The average Bonchev–Trinajstić information content (AvgIpc) is 3.26. The van der Waals surface area contributed by atoms with Gasteiger partial charge in [-0.15, -0.1) is 0 Å². The van der Waals surface area contributed by atoms with Crippen LogP contribution in [0.1, 0.15) is 35.8 Å². The highest BCUT2D eigenvalue weighted by molar-refractivity contribution is 7.91. The van der Waals surface area contributed by atoms with Gasteiger partial charge in [0, 0.05) is 36.7 Å². The Hall–Kier alpha value is -3.01. The Bertz CT molecular complexity index is 1340. The molecule has 1 saturated heterocycles. The minimum atomic E-state index is -3.01. The fourth-order valence-electron chi connectivity index (χ4n) is 4.31. The normalized spacial score (nSPS) is 17.7. The van der Waals surface area contributed by atoms with Gasteiger partial charge in [-0.3, -0.25) is 19.0 Å². The van der Waals surface area contributed by atoms with Gasteiger partial charge in [0.2, 0.25) is 11.3 Å². The molecule has 1 atom stereocenters. The van der Waals surface area contributed by atoms with E-state index in [0.29, 0.717) is 30.4 Å². The maximum atomic E-state index is 12.8. The number of para-hydroxylation sites is 1. The smallest absolute Gasteiger partial charge is 0.224 e. The predicted octanol–water partition coefficient (Wildman–Crippen LogP) is 1.62. The molecule has 170 valence electrons. The van der Waals surface area contributed by atoms with E-state index >= 15 is 0 Å². The molecule has 0 aliphatic carbocycles. The molecule has 0 unspecified atom stereocenters. The second-order valence-electron chi connectivity index (χ2n) is 8.40. The van der Waals surface area contributed by atoms with Crippen LogP contribution < -0.4 is 5.43 Å². The van der Waals surface area contributed by atoms with Crippen molar-refractivity contribution < 1.29 is 13.2 Å². The maximum Gasteiger partial charge on any atom is 0.224 e. The SMILES string of the molecule is Cc1nn([C@@H]2CCS(=O)(=O)C2)c(C)c1CN(C)C(=O)CCn1ncc(=O)c2ccccc21. The van der Waals surface area contributed by atoms with Crippen molar-refractivity contribution in [3.63, 3.8) is 0 Å². The molecule has 1 amide bonds. The van der Waals surface area contributed by atoms with Crippen molar-refractivity contribution >= 4 is 26.6 Å². The van der Waals surface area contributed by atoms with Crippen LogP contribution in [0.5, 0.6) is 0 Å². The molecule has 1 aliphatic heterocycles. The molecule has 0 bridgehead atoms. The summed E-state index contributed by atoms with van der Waals surface area (Å²) in [5, 5.41) is 9.34. The summed E-state index contributed by atoms with van der Waals surface area (Å²) in [6, 6.07) is 7.07. The average molecular weight is 458 g/mol. The molecule has 1 fully saturated rings. The molecule has 0 N–H and O–H groups in total. The molecule has 0 saturated carbocycles. The van der Waals surface area contributed by atoms with Gasteiger partial charge in [0.15, 0.2) is 9.84 Å². The zero-order chi connectivity index (χ0) is 23.0. The lowest BCUT2D eigenvalue weighted by atomic mass is 10.1. The third-order valence-electron chi connectivity index (χ3n) is 6.15. The molecular formula is C22H27N5O4S. The lowest BCUT2D eigenvalue weighted by Gasteiger charge is -2.19. The quantitative estimate of drug-likeness (QED) is 0.557. The highest BCUT2D eigenvalue weighted by Gasteiger charge is 2.31. The monoisotopic (exact) mass is 457 g/mol. The Morgan fingerprint density at radius 2 is 2.00 bits per heavy atom. The van der Waals surface area contributed by atoms with Crippen molar-refractivity contribution in [1.29, 1.82) is 0 Å². The van der Waals surface area contributed by atoms with E-state index in [9.17, 15) is 18.0 Å². The third-order valence-corrected chi connectivity index (χ3v) is 7.90. The maximum absolute atomic E-state index is 12.8. The van der Waals surface area contributed by atoms with Crippen LogP contribution in [-0.4, -0.2) is 57.3 Å². The summed E-state index contributed by atoms with van der Waals surface area (Å²) in [6.45, 7) is 4.57. The molecule has 9 nitrogen and oxygen atoms in total. The third kappa shape index (κ3) is 4.32. The number of carbonyl (C=O) groups is 1. The van der Waals surface area contributed by atoms with Crippen molar-refractivity contribution in [3.05, 3.63) is 57.6 Å². The number of nitrogens with zero attached hydrogens (tertiary/aromatic N) is 5. The number of aromatic nitrogens is 4. The van der Waals surface area contributed by atoms with Crippen LogP contribution in [0.3, 0.4) is 0 Å². The Kier molecular flexibility index (Phi) is 5.89. The lowest BCUT2D eigenvalue weighted by Crippen LogP contribution is -2.28. The summed E-state index contributed by atoms with van der Waals surface area (Å²) in [5.74, 6) is 0.255. The summed E-state index contributed by atoms with van der Waals surface area (Å²) in [5.41, 5.74) is 3.21. The van der Waals surface area contributed by atoms with E-state index in [4.69, 9.17) is 0 Å². The molecule has 1 aliphatic rings. The van der Waals surface area contributed by atoms with Crippen molar-refractivity contribution in [3.8, 4) is 0 Å². The minimum absolute atomic E-state index is 0.0513. The van der Waals surface area contributed by atoms with Crippen LogP contribution in [0.4, 0.5) is 0 Å². The first kappa shape index (κ1) is 22.2. The highest BCUT2D eigenvalue weighted by atomic mass is 32.2. The van der Waals surface area contributed by atoms with Crippen molar-refractivity contribution in [1.82, 2.24) is 24.5 Å². The first-order valence-electron chi connectivity index (χ1n) is 10.6. The van der Waals surface area contributed by atoms with Gasteiger partial charge >= 0.3 is 0 Å². The Morgan fingerprint density at radius 3 is 2.72 bits per heavy atom. The topological polar surface area (TPSA) is 107 Å². The number of hydrogen-bond donors (Lipinski definition) is 0. The molecule has 3 aromatic rings. The Balaban J connectivity index is 1.45. The number of carbonyl (C=O) groups excluding carboxylic acids is 1. The van der Waals surface area contributed by atoms with E-state index < -0.39 is 9.84 Å². The fraction of sp³-hybridized carbons (Fsp3) is 0.455. The van der Waals surface area contributed by atoms with E-state index in [1.54, 1.807) is 28.8 Å². The largest absolute Gasteiger partial charge is 0.341 e. The van der Waals surface area contributed by atoms with Gasteiger partial charge in [0.25, 0.3) is 0 Å². The standard InChI is InChI=1S/C22H27N5O4S/c1-15-19(16(2)27(24-15)17-9-11-32(30,31)14-17)13-25(3)22(29)8-10-26-20-7-5-4-6-18(20)21(28)12-23-26/h4-7,12,17H,8-11,13-14H2,1-3H3/t17-/m1/s1. The molecule has 0 radical (unpaired) electrons. The zero-order valence-electron chi connectivity index (χ0n) is 18.5. The Labute approximate surface area is 186 Å². The van der Waals surface area contributed by atoms with Gasteiger partial charge in [0.05, 0.1) is 41.5 Å². The number of sulfone groups is 1. The van der Waals surface area contributed by atoms with Crippen LogP contribution >= 0.6 is 0 Å². The predicted molar refractivity (Wildman–Crippen MR) is 121 cm³/mol. The number of benzene rings is 1. The molecule has 10 heteroatoms. The van der Waals surface area contributed by atoms with E-state index in [0.717, 1.165) is 17.0 Å². The second kappa shape index (κ2) is 8.50. The van der Waals surface area contributed by atoms with E-state index in [1.807, 2.05) is 30.7 Å². The molecular weight excluding hydrogens is 430 g/mol. The lowest BCUT2D eigenvalue weighted by molar-refractivity contribution is -0.130. The summed E-state index contributed by atoms with van der Waals surface area (Å²) < 4.78 is 27.2. The van der Waals surface area contributed by atoms with Crippen LogP contribution in [-0.2, 0) is 27.7 Å². The zero-order valence-corrected chi connectivity index (χ0v) is 19.3. The molecule has 4 rings (SSSR count). The number of hydrogen-bond acceptors (Lipinski definition) is 6. The molecule has 32 heavy (non-hydrogen) atoms. The van der Waals surface area contributed by atoms with Gasteiger partial charge in [0.1, 0.15) is 0 Å². The molecule has 2 aromatic heterocycles. The first-order chi connectivity index (χ1) is 15.2. The van der Waals surface area contributed by atoms with Crippen LogP contribution in [0, 0.1) is 13.8 Å². The van der Waals surface area contributed by atoms with Gasteiger partial charge in [-0.05, 0) is 32.4 Å². The van der Waals surface area contributed by atoms with Crippen molar-refractivity contribution in [2.24, 2.45) is 0 Å². The van der Waals surface area contributed by atoms with Crippen molar-refractivity contribution in [2.75, 3.05) is 18.6 Å². The first-order valence-corrected chi connectivity index (χ1v) is 12.4. The number of fused-ring (bicyclic) bond motifs is 1. The van der Waals surface area contributed by atoms with Gasteiger partial charge < -0.3 is 4.90 Å². The summed E-state index contributed by atoms with van der Waals surface area (Å²) in [7, 11) is -1.26. The van der Waals surface area contributed by atoms with Gasteiger partial charge in [-0.25, -0.2) is 8.42 Å². The van der Waals surface area contributed by atoms with Crippen molar-refractivity contribution in [2.45, 2.75) is 45.8 Å². The summed E-state index contributed by atoms with van der Waals surface area (Å²) >= 11 is 0. The second-order valence-corrected chi connectivity index (χ2v) is 10.6. The van der Waals surface area contributed by atoms with Crippen LogP contribution in [0.25, 0.3) is 10.9 Å². The van der Waals surface area contributed by atoms with Gasteiger partial charge in [-0.2, -0.15) is 10.2 Å². The van der Waals surface area contributed by atoms with Crippen LogP contribution in [0.15, 0.2) is 35.3 Å². The molecule has 1 aromatic carbocycles. The molecule has 0 spiro atoms. The van der Waals surface area contributed by atoms with Gasteiger partial charge in [-0.1, -0.05) is 12.1 Å². The highest BCUT2D eigenvalue weighted by Crippen LogP contribution is 2.27. The van der Waals surface area contributed by atoms with E-state index in [2.05, 4.69) is 10.2 Å². The van der Waals surface area contributed by atoms with Crippen LogP contribution in [0.2, 0.25) is 0 Å². The number of aryl methyl sites for hydroxylation is 2. The Morgan fingerprint density at radius 1 is 1.25 bits per heavy atom.